The van der Waals surface area contributed by atoms with Gasteiger partial charge in [0, 0.05) is 15.3 Å². The van der Waals surface area contributed by atoms with Crippen LogP contribution in [0.3, 0.4) is 0 Å². The van der Waals surface area contributed by atoms with Gasteiger partial charge in [0.2, 0.25) is 0 Å². The third-order valence-corrected chi connectivity index (χ3v) is 6.01. The summed E-state index contributed by atoms with van der Waals surface area (Å²) >= 11 is 5.53. The molecule has 3 heteroatoms. The first-order chi connectivity index (χ1) is 6.50. The fourth-order valence-corrected chi connectivity index (χ4v) is 4.46. The molecule has 1 fully saturated rings. The Morgan fingerprint density at radius 3 is 2.57 bits per heavy atom. The molecule has 0 amide bonds. The molecule has 1 nitrogen and oxygen atoms in total. The number of hydrogen-bond donors (Lipinski definition) is 1. The van der Waals surface area contributed by atoms with Crippen molar-refractivity contribution in [1.82, 2.24) is 0 Å². The van der Waals surface area contributed by atoms with Crippen molar-refractivity contribution in [1.29, 1.82) is 0 Å². The van der Waals surface area contributed by atoms with Crippen LogP contribution >= 0.6 is 27.3 Å². The molecular formula is C11H16BrNS. The summed E-state index contributed by atoms with van der Waals surface area (Å²) in [4.78, 5) is 1.49. The van der Waals surface area contributed by atoms with E-state index in [1.165, 1.54) is 14.9 Å². The Hall–Kier alpha value is 0.140. The van der Waals surface area contributed by atoms with E-state index in [0.717, 1.165) is 6.54 Å². The van der Waals surface area contributed by atoms with Crippen LogP contribution in [0.5, 0.6) is 0 Å². The summed E-state index contributed by atoms with van der Waals surface area (Å²) in [6.45, 7) is 7.59. The van der Waals surface area contributed by atoms with Gasteiger partial charge in [-0.1, -0.05) is 13.8 Å². The lowest BCUT2D eigenvalue weighted by Crippen LogP contribution is -2.05. The van der Waals surface area contributed by atoms with E-state index in [4.69, 9.17) is 5.73 Å². The largest absolute Gasteiger partial charge is 0.330 e. The van der Waals surface area contributed by atoms with Crippen LogP contribution in [0.15, 0.2) is 9.85 Å². The van der Waals surface area contributed by atoms with Gasteiger partial charge in [-0.25, -0.2) is 0 Å². The van der Waals surface area contributed by atoms with Crippen LogP contribution in [0.25, 0.3) is 0 Å². The van der Waals surface area contributed by atoms with E-state index in [0.29, 0.717) is 17.3 Å². The Balaban J connectivity index is 2.31. The van der Waals surface area contributed by atoms with Crippen molar-refractivity contribution in [3.8, 4) is 0 Å². The molecule has 2 atom stereocenters. The molecule has 1 aromatic rings. The zero-order chi connectivity index (χ0) is 10.5. The van der Waals surface area contributed by atoms with E-state index in [-0.39, 0.29) is 0 Å². The molecule has 0 spiro atoms. The highest BCUT2D eigenvalue weighted by atomic mass is 79.9. The number of aryl methyl sites for hydroxylation is 1. The first kappa shape index (κ1) is 10.7. The third kappa shape index (κ3) is 1.37. The topological polar surface area (TPSA) is 26.0 Å². The smallest absolute Gasteiger partial charge is 0.0346 e. The van der Waals surface area contributed by atoms with E-state index < -0.39 is 0 Å². The first-order valence-electron chi connectivity index (χ1n) is 4.93. The molecule has 1 aromatic heterocycles. The van der Waals surface area contributed by atoms with Crippen LogP contribution in [-0.4, -0.2) is 6.54 Å². The molecule has 2 rings (SSSR count). The minimum atomic E-state index is 0.397. The maximum atomic E-state index is 5.78. The molecule has 1 aliphatic rings. The fourth-order valence-electron chi connectivity index (χ4n) is 2.36. The minimum Gasteiger partial charge on any atom is -0.330 e. The quantitative estimate of drug-likeness (QED) is 0.877. The Labute approximate surface area is 97.8 Å². The van der Waals surface area contributed by atoms with Crippen LogP contribution < -0.4 is 5.73 Å². The SMILES string of the molecule is Cc1csc([C@@H]2[C@@H](CN)C2(C)C)c1Br. The summed E-state index contributed by atoms with van der Waals surface area (Å²) in [5.74, 6) is 1.33. The first-order valence-corrected chi connectivity index (χ1v) is 6.61. The van der Waals surface area contributed by atoms with Gasteiger partial charge in [0.25, 0.3) is 0 Å². The van der Waals surface area contributed by atoms with Gasteiger partial charge in [-0.05, 0) is 51.7 Å². The van der Waals surface area contributed by atoms with Crippen molar-refractivity contribution in [2.24, 2.45) is 17.1 Å². The fraction of sp³-hybridized carbons (Fsp3) is 0.636. The van der Waals surface area contributed by atoms with E-state index in [1.54, 1.807) is 0 Å². The summed E-state index contributed by atoms with van der Waals surface area (Å²) in [5.41, 5.74) is 7.53. The van der Waals surface area contributed by atoms with Gasteiger partial charge >= 0.3 is 0 Å². The predicted octanol–water partition coefficient (Wildman–Crippen LogP) is 3.52. The van der Waals surface area contributed by atoms with E-state index in [9.17, 15) is 0 Å². The Kier molecular flexibility index (Phi) is 2.53. The molecule has 0 aromatic carbocycles. The van der Waals surface area contributed by atoms with E-state index in [2.05, 4.69) is 42.1 Å². The van der Waals surface area contributed by atoms with Crippen LogP contribution in [0.4, 0.5) is 0 Å². The van der Waals surface area contributed by atoms with Gasteiger partial charge in [-0.3, -0.25) is 0 Å². The molecule has 2 N–H and O–H groups in total. The van der Waals surface area contributed by atoms with Gasteiger partial charge < -0.3 is 5.73 Å². The highest BCUT2D eigenvalue weighted by Gasteiger charge is 2.58. The standard InChI is InChI=1S/C11H16BrNS/c1-6-5-14-10(9(6)12)8-7(4-13)11(8,2)3/h5,7-8H,4,13H2,1-3H3/t7-,8+/m1/s1. The summed E-state index contributed by atoms with van der Waals surface area (Å²) in [7, 11) is 0. The summed E-state index contributed by atoms with van der Waals surface area (Å²) in [6.07, 6.45) is 0. The lowest BCUT2D eigenvalue weighted by Gasteiger charge is -2.00. The molecule has 0 bridgehead atoms. The number of rotatable bonds is 2. The Morgan fingerprint density at radius 2 is 2.21 bits per heavy atom. The second kappa shape index (κ2) is 3.32. The van der Waals surface area contributed by atoms with Gasteiger partial charge in [0.1, 0.15) is 0 Å². The minimum absolute atomic E-state index is 0.397. The summed E-state index contributed by atoms with van der Waals surface area (Å²) in [5, 5.41) is 2.22. The van der Waals surface area contributed by atoms with E-state index >= 15 is 0 Å². The van der Waals surface area contributed by atoms with Crippen LogP contribution in [0, 0.1) is 18.3 Å². The number of halogens is 1. The number of thiophene rings is 1. The maximum Gasteiger partial charge on any atom is 0.0346 e. The zero-order valence-corrected chi connectivity index (χ0v) is 11.2. The Morgan fingerprint density at radius 1 is 1.57 bits per heavy atom. The molecule has 1 heterocycles. The van der Waals surface area contributed by atoms with Crippen LogP contribution in [-0.2, 0) is 0 Å². The maximum absolute atomic E-state index is 5.78. The second-order valence-corrected chi connectivity index (χ2v) is 6.44. The molecule has 14 heavy (non-hydrogen) atoms. The van der Waals surface area contributed by atoms with Crippen molar-refractivity contribution >= 4 is 27.3 Å². The molecule has 0 radical (unpaired) electrons. The van der Waals surface area contributed by atoms with Crippen molar-refractivity contribution in [2.45, 2.75) is 26.7 Å². The normalized spacial score (nSPS) is 29.2. The third-order valence-electron chi connectivity index (χ3n) is 3.51. The second-order valence-electron chi connectivity index (χ2n) is 4.74. The van der Waals surface area contributed by atoms with Gasteiger partial charge in [0.05, 0.1) is 0 Å². The highest BCUT2D eigenvalue weighted by molar-refractivity contribution is 9.10. The predicted molar refractivity (Wildman–Crippen MR) is 65.8 cm³/mol. The number of nitrogens with two attached hydrogens (primary N) is 1. The lowest BCUT2D eigenvalue weighted by atomic mass is 10.1. The molecule has 0 aliphatic heterocycles. The zero-order valence-electron chi connectivity index (χ0n) is 8.80. The molecule has 78 valence electrons. The van der Waals surface area contributed by atoms with Gasteiger partial charge in [0.15, 0.2) is 0 Å². The summed E-state index contributed by atoms with van der Waals surface area (Å²) in [6, 6.07) is 0. The average Bonchev–Trinajstić information content (AvgIpc) is 2.52. The van der Waals surface area contributed by atoms with Gasteiger partial charge in [-0.15, -0.1) is 11.3 Å². The Bertz CT molecular complexity index is 356. The molecule has 1 saturated carbocycles. The molecule has 0 saturated heterocycles. The lowest BCUT2D eigenvalue weighted by molar-refractivity contribution is 0.559. The van der Waals surface area contributed by atoms with Crippen molar-refractivity contribution < 1.29 is 0 Å². The molecule has 0 unspecified atom stereocenters. The van der Waals surface area contributed by atoms with Crippen molar-refractivity contribution in [3.63, 3.8) is 0 Å². The van der Waals surface area contributed by atoms with Crippen molar-refractivity contribution in [2.75, 3.05) is 6.54 Å². The summed E-state index contributed by atoms with van der Waals surface area (Å²) < 4.78 is 1.30. The van der Waals surface area contributed by atoms with Crippen LogP contribution in [0.2, 0.25) is 0 Å². The average molecular weight is 274 g/mol. The monoisotopic (exact) mass is 273 g/mol. The molecular weight excluding hydrogens is 258 g/mol. The van der Waals surface area contributed by atoms with E-state index in [1.807, 2.05) is 11.3 Å². The van der Waals surface area contributed by atoms with Gasteiger partial charge in [-0.2, -0.15) is 0 Å². The molecule has 1 aliphatic carbocycles. The highest BCUT2D eigenvalue weighted by Crippen LogP contribution is 2.66. The van der Waals surface area contributed by atoms with Crippen LogP contribution in [0.1, 0.15) is 30.2 Å². The van der Waals surface area contributed by atoms with Crippen molar-refractivity contribution in [3.05, 3.63) is 20.3 Å². The number of hydrogen-bond acceptors (Lipinski definition) is 2.